The molecule has 9 nitrogen and oxygen atoms in total. The van der Waals surface area contributed by atoms with Gasteiger partial charge in [0.15, 0.2) is 11.6 Å². The number of fused-ring (bicyclic) bond motifs is 2. The Hall–Kier alpha value is -4.40. The van der Waals surface area contributed by atoms with Gasteiger partial charge < -0.3 is 24.3 Å². The first kappa shape index (κ1) is 29.7. The van der Waals surface area contributed by atoms with Crippen LogP contribution in [-0.4, -0.2) is 89.1 Å². The molecule has 0 unspecified atom stereocenters. The molecule has 0 radical (unpaired) electrons. The van der Waals surface area contributed by atoms with Gasteiger partial charge in [-0.3, -0.25) is 9.78 Å². The molecule has 12 heteroatoms. The molecule has 2 fully saturated rings. The van der Waals surface area contributed by atoms with E-state index in [1.54, 1.807) is 12.1 Å². The van der Waals surface area contributed by atoms with Crippen molar-refractivity contribution in [2.75, 3.05) is 51.2 Å². The molecule has 2 aliphatic heterocycles. The van der Waals surface area contributed by atoms with Crippen LogP contribution in [0.3, 0.4) is 0 Å². The molecule has 2 aromatic heterocycles. The molecule has 1 amide bonds. The van der Waals surface area contributed by atoms with Gasteiger partial charge >= 0.3 is 6.01 Å². The Morgan fingerprint density at radius 1 is 1.16 bits per heavy atom. The summed E-state index contributed by atoms with van der Waals surface area (Å²) >= 11 is 6.56. The number of anilines is 1. The highest BCUT2D eigenvalue weighted by molar-refractivity contribution is 6.36. The van der Waals surface area contributed by atoms with Gasteiger partial charge in [-0.15, -0.1) is 0 Å². The minimum Gasteiger partial charge on any atom is -0.460 e. The van der Waals surface area contributed by atoms with Crippen molar-refractivity contribution in [2.45, 2.75) is 25.0 Å². The Bertz CT molecular complexity index is 1800. The molecular formula is C32H30ClF2N7O2. The van der Waals surface area contributed by atoms with E-state index in [9.17, 15) is 9.18 Å². The van der Waals surface area contributed by atoms with Crippen molar-refractivity contribution in [2.24, 2.45) is 0 Å². The summed E-state index contributed by atoms with van der Waals surface area (Å²) in [6.45, 7) is 12.8. The lowest BCUT2D eigenvalue weighted by atomic mass is 10.0. The van der Waals surface area contributed by atoms with E-state index >= 15 is 4.39 Å². The molecule has 0 aliphatic carbocycles. The number of aromatic nitrogens is 3. The highest BCUT2D eigenvalue weighted by Gasteiger charge is 2.35. The average Bonchev–Trinajstić information content (AvgIpc) is 3.02. The second-order valence-corrected chi connectivity index (χ2v) is 11.5. The van der Waals surface area contributed by atoms with Crippen molar-refractivity contribution in [1.29, 1.82) is 0 Å². The van der Waals surface area contributed by atoms with Crippen LogP contribution in [0.15, 0.2) is 55.0 Å². The van der Waals surface area contributed by atoms with E-state index in [0.29, 0.717) is 27.2 Å². The number of piperidine rings is 1. The molecule has 4 aromatic rings. The van der Waals surface area contributed by atoms with Gasteiger partial charge in [0.25, 0.3) is 5.91 Å². The van der Waals surface area contributed by atoms with Gasteiger partial charge in [0.2, 0.25) is 6.54 Å². The van der Waals surface area contributed by atoms with Crippen molar-refractivity contribution >= 4 is 45.0 Å². The highest BCUT2D eigenvalue weighted by atomic mass is 35.5. The van der Waals surface area contributed by atoms with E-state index in [4.69, 9.17) is 27.9 Å². The van der Waals surface area contributed by atoms with Crippen LogP contribution in [-0.2, 0) is 4.79 Å². The number of hydrogen-bond donors (Lipinski definition) is 0. The van der Waals surface area contributed by atoms with E-state index < -0.39 is 23.6 Å². The quantitative estimate of drug-likeness (QED) is 0.208. The first-order chi connectivity index (χ1) is 21.2. The van der Waals surface area contributed by atoms with Crippen LogP contribution in [0.1, 0.15) is 12.8 Å². The highest BCUT2D eigenvalue weighted by Crippen LogP contribution is 2.38. The smallest absolute Gasteiger partial charge is 0.319 e. The summed E-state index contributed by atoms with van der Waals surface area (Å²) in [6.07, 6.45) is 2.93. The van der Waals surface area contributed by atoms with E-state index in [-0.39, 0.29) is 49.5 Å². The third-order valence-corrected chi connectivity index (χ3v) is 8.58. The van der Waals surface area contributed by atoms with Gasteiger partial charge in [0.1, 0.15) is 29.2 Å². The van der Waals surface area contributed by atoms with Gasteiger partial charge in [-0.05, 0) is 31.3 Å². The van der Waals surface area contributed by atoms with Crippen molar-refractivity contribution < 1.29 is 18.3 Å². The lowest BCUT2D eigenvalue weighted by Gasteiger charge is -2.39. The van der Waals surface area contributed by atoms with E-state index in [1.807, 2.05) is 36.2 Å². The molecule has 44 heavy (non-hydrogen) atoms. The summed E-state index contributed by atoms with van der Waals surface area (Å²) in [7, 11) is 2.05. The molecule has 0 bridgehead atoms. The predicted molar refractivity (Wildman–Crippen MR) is 166 cm³/mol. The maximum Gasteiger partial charge on any atom is 0.319 e. The molecule has 226 valence electrons. The molecular weight excluding hydrogens is 588 g/mol. The number of carbonyl (C=O) groups is 1. The summed E-state index contributed by atoms with van der Waals surface area (Å²) < 4.78 is 36.6. The monoisotopic (exact) mass is 617 g/mol. The van der Waals surface area contributed by atoms with Crippen molar-refractivity contribution in [3.05, 3.63) is 77.3 Å². The predicted octanol–water partition coefficient (Wildman–Crippen LogP) is 5.53. The molecule has 0 N–H and O–H groups in total. The zero-order valence-electron chi connectivity index (χ0n) is 24.1. The fraction of sp³-hybridized carbons (Fsp3) is 0.344. The molecule has 0 spiro atoms. The number of rotatable bonds is 6. The van der Waals surface area contributed by atoms with Gasteiger partial charge in [0, 0.05) is 54.9 Å². The summed E-state index contributed by atoms with van der Waals surface area (Å²) in [4.78, 5) is 35.1. The Balaban J connectivity index is 1.46. The minimum atomic E-state index is -1.08. The molecule has 2 aromatic carbocycles. The zero-order valence-corrected chi connectivity index (χ0v) is 24.9. The molecule has 6 rings (SSSR count). The van der Waals surface area contributed by atoms with Crippen molar-refractivity contribution in [1.82, 2.24) is 24.8 Å². The van der Waals surface area contributed by atoms with Crippen LogP contribution in [0.25, 0.3) is 37.8 Å². The number of halogens is 3. The number of benzene rings is 2. The molecule has 2 aliphatic rings. The van der Waals surface area contributed by atoms with Crippen LogP contribution in [0, 0.1) is 12.4 Å². The molecule has 2 saturated heterocycles. The summed E-state index contributed by atoms with van der Waals surface area (Å²) in [5.41, 5.74) is 0.652. The Kier molecular flexibility index (Phi) is 8.29. The third-order valence-electron chi connectivity index (χ3n) is 8.27. The van der Waals surface area contributed by atoms with Crippen LogP contribution >= 0.6 is 11.6 Å². The van der Waals surface area contributed by atoms with E-state index in [2.05, 4.69) is 26.3 Å². The van der Waals surface area contributed by atoms with Gasteiger partial charge in [0.05, 0.1) is 5.39 Å². The number of carbonyl (C=O) groups excluding carboxylic acids is 1. The average molecular weight is 618 g/mol. The summed E-state index contributed by atoms with van der Waals surface area (Å²) in [6, 6.07) is 10.4. The Morgan fingerprint density at radius 3 is 2.64 bits per heavy atom. The molecule has 1 atom stereocenters. The van der Waals surface area contributed by atoms with Gasteiger partial charge in [-0.25, -0.2) is 15.4 Å². The Labute approximate surface area is 258 Å². The van der Waals surface area contributed by atoms with Crippen LogP contribution < -0.4 is 9.64 Å². The summed E-state index contributed by atoms with van der Waals surface area (Å²) in [5, 5.41) is 2.35. The lowest BCUT2D eigenvalue weighted by Crippen LogP contribution is -2.56. The number of ether oxygens (including phenoxy) is 1. The molecule has 4 heterocycles. The van der Waals surface area contributed by atoms with Gasteiger partial charge in [-0.1, -0.05) is 48.5 Å². The minimum absolute atomic E-state index is 0.0318. The first-order valence-electron chi connectivity index (χ1n) is 14.4. The van der Waals surface area contributed by atoms with Crippen molar-refractivity contribution in [3.63, 3.8) is 0 Å². The topological polar surface area (TPSA) is 79.1 Å². The SMILES string of the molecule is [C-]#[N+]C[C@H]1CN(c2nc(OC3CCN(C)CC3)nc3c(F)c(-c4cccc5cccc(Cl)c45)ncc23)CCN1C(=O)C(=C)F. The second-order valence-electron chi connectivity index (χ2n) is 11.1. The van der Waals surface area contributed by atoms with E-state index in [1.165, 1.54) is 11.1 Å². The first-order valence-corrected chi connectivity index (χ1v) is 14.8. The number of likely N-dealkylation sites (tertiary alicyclic amines) is 1. The number of pyridine rings is 1. The fourth-order valence-corrected chi connectivity index (χ4v) is 6.26. The number of piperazine rings is 1. The number of amides is 1. The second kappa shape index (κ2) is 12.3. The standard InChI is InChI=1S/C32H30ClF2N7O2/c1-19(34)31(43)42-15-14-41(18-21(42)16-36-2)30-24-17-37-28(23-8-4-6-20-7-5-9-25(33)26(20)23)27(35)29(24)38-32(39-30)44-22-10-12-40(3)13-11-22/h4-9,17,21-22H,1,10-16,18H2,3H3/t21-/m0/s1. The lowest BCUT2D eigenvalue weighted by molar-refractivity contribution is -0.131. The fourth-order valence-electron chi connectivity index (χ4n) is 5.98. The maximum absolute atomic E-state index is 16.6. The van der Waals surface area contributed by atoms with Crippen molar-refractivity contribution in [3.8, 4) is 17.3 Å². The Morgan fingerprint density at radius 2 is 1.91 bits per heavy atom. The van der Waals surface area contributed by atoms with Crippen LogP contribution in [0.4, 0.5) is 14.6 Å². The maximum atomic E-state index is 16.6. The largest absolute Gasteiger partial charge is 0.460 e. The van der Waals surface area contributed by atoms with Crippen LogP contribution in [0.5, 0.6) is 6.01 Å². The zero-order chi connectivity index (χ0) is 31.0. The number of nitrogens with zero attached hydrogens (tertiary/aromatic N) is 7. The third kappa shape index (κ3) is 5.63. The normalized spacial score (nSPS) is 18.0. The van der Waals surface area contributed by atoms with E-state index in [0.717, 1.165) is 31.3 Å². The summed E-state index contributed by atoms with van der Waals surface area (Å²) in [5.74, 6) is -2.20. The van der Waals surface area contributed by atoms with Gasteiger partial charge in [-0.2, -0.15) is 9.97 Å². The van der Waals surface area contributed by atoms with Crippen LogP contribution in [0.2, 0.25) is 5.02 Å². The number of hydrogen-bond acceptors (Lipinski definition) is 7. The molecule has 0 saturated carbocycles.